The second kappa shape index (κ2) is 7.48. The lowest BCUT2D eigenvalue weighted by atomic mass is 9.96. The van der Waals surface area contributed by atoms with Crippen molar-refractivity contribution in [1.29, 1.82) is 0 Å². The van der Waals surface area contributed by atoms with Gasteiger partial charge in [0.05, 0.1) is 18.9 Å². The molecule has 0 radical (unpaired) electrons. The summed E-state index contributed by atoms with van der Waals surface area (Å²) >= 11 is 1.23. The Labute approximate surface area is 135 Å². The molecular formula is C15H24N4O2S. The van der Waals surface area contributed by atoms with Gasteiger partial charge in [-0.2, -0.15) is 0 Å². The summed E-state index contributed by atoms with van der Waals surface area (Å²) in [5, 5.41) is 4.05. The summed E-state index contributed by atoms with van der Waals surface area (Å²) in [5.74, 6) is 0.823. The first-order chi connectivity index (χ1) is 10.8. The van der Waals surface area contributed by atoms with E-state index in [2.05, 4.69) is 14.5 Å². The fourth-order valence-corrected chi connectivity index (χ4v) is 3.93. The third-order valence-electron chi connectivity index (χ3n) is 4.61. The molecule has 0 bridgehead atoms. The zero-order valence-corrected chi connectivity index (χ0v) is 14.0. The number of hydrogen-bond acceptors (Lipinski definition) is 6. The maximum Gasteiger partial charge on any atom is 0.267 e. The summed E-state index contributed by atoms with van der Waals surface area (Å²) in [4.78, 5) is 17.8. The molecule has 122 valence electrons. The lowest BCUT2D eigenvalue weighted by Gasteiger charge is -2.35. The van der Waals surface area contributed by atoms with Gasteiger partial charge in [0.15, 0.2) is 0 Å². The Morgan fingerprint density at radius 3 is 2.68 bits per heavy atom. The molecule has 6 nitrogen and oxygen atoms in total. The van der Waals surface area contributed by atoms with Crippen molar-refractivity contribution in [3.63, 3.8) is 0 Å². The third-order valence-corrected chi connectivity index (χ3v) is 5.36. The number of aromatic nitrogens is 2. The number of likely N-dealkylation sites (tertiary alicyclic amines) is 1. The zero-order chi connectivity index (χ0) is 15.4. The van der Waals surface area contributed by atoms with Crippen molar-refractivity contribution >= 4 is 17.4 Å². The normalized spacial score (nSPS) is 21.2. The van der Waals surface area contributed by atoms with E-state index in [0.29, 0.717) is 5.92 Å². The van der Waals surface area contributed by atoms with Crippen LogP contribution < -0.4 is 0 Å². The van der Waals surface area contributed by atoms with Gasteiger partial charge in [-0.05, 0) is 36.7 Å². The molecule has 22 heavy (non-hydrogen) atoms. The summed E-state index contributed by atoms with van der Waals surface area (Å²) in [6, 6.07) is 0. The average Bonchev–Trinajstić information content (AvgIpc) is 3.04. The van der Waals surface area contributed by atoms with Gasteiger partial charge in [0.25, 0.3) is 5.91 Å². The minimum atomic E-state index is 0.122. The summed E-state index contributed by atoms with van der Waals surface area (Å²) in [6.07, 6.45) is 2.96. The molecule has 0 N–H and O–H groups in total. The number of hydrogen-bond donors (Lipinski definition) is 0. The highest BCUT2D eigenvalue weighted by Crippen LogP contribution is 2.22. The first-order valence-electron chi connectivity index (χ1n) is 8.18. The minimum Gasteiger partial charge on any atom is -0.379 e. The first-order valence-corrected chi connectivity index (χ1v) is 8.96. The summed E-state index contributed by atoms with van der Waals surface area (Å²) < 4.78 is 9.32. The topological polar surface area (TPSA) is 58.6 Å². The number of ether oxygens (including phenoxy) is 1. The molecule has 3 heterocycles. The van der Waals surface area contributed by atoms with Crippen LogP contribution in [-0.2, 0) is 11.2 Å². The van der Waals surface area contributed by atoms with Crippen molar-refractivity contribution < 1.29 is 9.53 Å². The fourth-order valence-electron chi connectivity index (χ4n) is 3.21. The average molecular weight is 324 g/mol. The third kappa shape index (κ3) is 3.64. The summed E-state index contributed by atoms with van der Waals surface area (Å²) in [5.41, 5.74) is 0.838. The van der Waals surface area contributed by atoms with Crippen LogP contribution >= 0.6 is 11.5 Å². The second-order valence-corrected chi connectivity index (χ2v) is 6.80. The Bertz CT molecular complexity index is 493. The van der Waals surface area contributed by atoms with Gasteiger partial charge in [0.2, 0.25) is 0 Å². The first kappa shape index (κ1) is 15.8. The van der Waals surface area contributed by atoms with Crippen LogP contribution in [0.1, 0.15) is 35.1 Å². The van der Waals surface area contributed by atoms with E-state index in [0.717, 1.165) is 75.8 Å². The van der Waals surface area contributed by atoms with Gasteiger partial charge < -0.3 is 9.64 Å². The molecule has 1 aromatic heterocycles. The standard InChI is InChI=1S/C15H24N4O2S/c1-2-13-14(22-17-16-13)15(20)19-5-3-12(4-6-19)11-18-7-9-21-10-8-18/h12H,2-11H2,1H3. The molecule has 1 aromatic rings. The maximum atomic E-state index is 12.6. The summed E-state index contributed by atoms with van der Waals surface area (Å²) in [7, 11) is 0. The number of aryl methyl sites for hydroxylation is 1. The number of carbonyl (C=O) groups excluding carboxylic acids is 1. The molecule has 0 spiro atoms. The zero-order valence-electron chi connectivity index (χ0n) is 13.2. The van der Waals surface area contributed by atoms with Gasteiger partial charge in [-0.3, -0.25) is 9.69 Å². The molecule has 2 aliphatic rings. The van der Waals surface area contributed by atoms with Gasteiger partial charge in [-0.15, -0.1) is 5.10 Å². The van der Waals surface area contributed by atoms with Crippen molar-refractivity contribution in [2.24, 2.45) is 5.92 Å². The highest BCUT2D eigenvalue weighted by Gasteiger charge is 2.27. The second-order valence-electron chi connectivity index (χ2n) is 6.05. The largest absolute Gasteiger partial charge is 0.379 e. The Balaban J connectivity index is 1.49. The van der Waals surface area contributed by atoms with Crippen molar-refractivity contribution in [1.82, 2.24) is 19.4 Å². The van der Waals surface area contributed by atoms with Crippen LogP contribution in [0.2, 0.25) is 0 Å². The molecule has 0 aliphatic carbocycles. The molecule has 2 aliphatic heterocycles. The smallest absolute Gasteiger partial charge is 0.267 e. The number of amides is 1. The molecule has 3 rings (SSSR count). The lowest BCUT2D eigenvalue weighted by molar-refractivity contribution is 0.0243. The highest BCUT2D eigenvalue weighted by atomic mass is 32.1. The summed E-state index contributed by atoms with van der Waals surface area (Å²) in [6.45, 7) is 8.68. The number of nitrogens with zero attached hydrogens (tertiary/aromatic N) is 4. The fraction of sp³-hybridized carbons (Fsp3) is 0.800. The van der Waals surface area contributed by atoms with E-state index in [1.807, 2.05) is 11.8 Å². The van der Waals surface area contributed by atoms with E-state index in [1.54, 1.807) is 0 Å². The van der Waals surface area contributed by atoms with Gasteiger partial charge in [0, 0.05) is 32.7 Å². The van der Waals surface area contributed by atoms with E-state index >= 15 is 0 Å². The molecule has 2 fully saturated rings. The number of carbonyl (C=O) groups is 1. The monoisotopic (exact) mass is 324 g/mol. The van der Waals surface area contributed by atoms with Crippen LogP contribution in [0.15, 0.2) is 0 Å². The van der Waals surface area contributed by atoms with Gasteiger partial charge >= 0.3 is 0 Å². The molecule has 1 amide bonds. The molecule has 0 atom stereocenters. The number of rotatable bonds is 4. The van der Waals surface area contributed by atoms with E-state index in [-0.39, 0.29) is 5.91 Å². The Kier molecular flexibility index (Phi) is 5.38. The molecule has 2 saturated heterocycles. The van der Waals surface area contributed by atoms with Gasteiger partial charge in [-0.1, -0.05) is 11.4 Å². The molecule has 0 unspecified atom stereocenters. The minimum absolute atomic E-state index is 0.122. The SMILES string of the molecule is CCc1nnsc1C(=O)N1CCC(CN2CCOCC2)CC1. The van der Waals surface area contributed by atoms with E-state index in [4.69, 9.17) is 4.74 Å². The van der Waals surface area contributed by atoms with Crippen LogP contribution in [0, 0.1) is 5.92 Å². The predicted molar refractivity (Wildman–Crippen MR) is 85.2 cm³/mol. The number of piperidine rings is 1. The van der Waals surface area contributed by atoms with Crippen LogP contribution in [0.3, 0.4) is 0 Å². The highest BCUT2D eigenvalue weighted by molar-refractivity contribution is 7.08. The maximum absolute atomic E-state index is 12.6. The van der Waals surface area contributed by atoms with Crippen molar-refractivity contribution in [2.75, 3.05) is 45.9 Å². The molecule has 7 heteroatoms. The van der Waals surface area contributed by atoms with Gasteiger partial charge in [0.1, 0.15) is 4.88 Å². The molecular weight excluding hydrogens is 300 g/mol. The van der Waals surface area contributed by atoms with Crippen molar-refractivity contribution in [3.8, 4) is 0 Å². The van der Waals surface area contributed by atoms with E-state index < -0.39 is 0 Å². The molecule has 0 aromatic carbocycles. The van der Waals surface area contributed by atoms with E-state index in [1.165, 1.54) is 11.5 Å². The quantitative estimate of drug-likeness (QED) is 0.835. The van der Waals surface area contributed by atoms with Crippen LogP contribution in [0.4, 0.5) is 0 Å². The Morgan fingerprint density at radius 1 is 1.27 bits per heavy atom. The van der Waals surface area contributed by atoms with Crippen LogP contribution in [0.25, 0.3) is 0 Å². The molecule has 0 saturated carbocycles. The van der Waals surface area contributed by atoms with Crippen molar-refractivity contribution in [3.05, 3.63) is 10.6 Å². The van der Waals surface area contributed by atoms with Crippen molar-refractivity contribution in [2.45, 2.75) is 26.2 Å². The Morgan fingerprint density at radius 2 is 2.00 bits per heavy atom. The Hall–Kier alpha value is -1.05. The number of morpholine rings is 1. The van der Waals surface area contributed by atoms with Crippen LogP contribution in [0.5, 0.6) is 0 Å². The van der Waals surface area contributed by atoms with Crippen LogP contribution in [-0.4, -0.2) is 71.2 Å². The van der Waals surface area contributed by atoms with E-state index in [9.17, 15) is 4.79 Å². The van der Waals surface area contributed by atoms with Gasteiger partial charge in [-0.25, -0.2) is 0 Å². The lowest BCUT2D eigenvalue weighted by Crippen LogP contribution is -2.44. The predicted octanol–water partition coefficient (Wildman–Crippen LogP) is 1.28.